The topological polar surface area (TPSA) is 34.1 Å². The molecule has 0 saturated carbocycles. The molecule has 4 aromatic rings. The minimum absolute atomic E-state index is 0.0586. The SMILES string of the molecule is Cc1ccc(OC(F)(F)F)cc1.Cc1cccc2ccnc(NC(C)c3ccc(F)cc3)c12. The Morgan fingerprint density at radius 2 is 1.55 bits per heavy atom. The van der Waals surface area contributed by atoms with Crippen LogP contribution in [0.25, 0.3) is 10.8 Å². The zero-order valence-electron chi connectivity index (χ0n) is 18.5. The first-order valence-corrected chi connectivity index (χ1v) is 10.3. The van der Waals surface area contributed by atoms with Gasteiger partial charge in [-0.2, -0.15) is 0 Å². The normalized spacial score (nSPS) is 12.0. The Labute approximate surface area is 190 Å². The molecule has 0 aliphatic carbocycles. The Morgan fingerprint density at radius 1 is 0.879 bits per heavy atom. The van der Waals surface area contributed by atoms with Gasteiger partial charge in [0.2, 0.25) is 0 Å². The zero-order valence-corrected chi connectivity index (χ0v) is 18.5. The van der Waals surface area contributed by atoms with Gasteiger partial charge in [-0.05, 0) is 67.6 Å². The summed E-state index contributed by atoms with van der Waals surface area (Å²) in [5, 5.41) is 5.73. The third-order valence-corrected chi connectivity index (χ3v) is 4.98. The fourth-order valence-electron chi connectivity index (χ4n) is 3.30. The minimum atomic E-state index is -4.60. The molecule has 0 fully saturated rings. The maximum Gasteiger partial charge on any atom is 0.573 e. The Hall–Kier alpha value is -3.61. The monoisotopic (exact) mass is 456 g/mol. The summed E-state index contributed by atoms with van der Waals surface area (Å²) >= 11 is 0. The lowest BCUT2D eigenvalue weighted by atomic mass is 10.1. The van der Waals surface area contributed by atoms with E-state index in [0.717, 1.165) is 22.3 Å². The smallest absolute Gasteiger partial charge is 0.406 e. The highest BCUT2D eigenvalue weighted by atomic mass is 19.4. The molecule has 0 spiro atoms. The second-order valence-corrected chi connectivity index (χ2v) is 7.61. The molecule has 7 heteroatoms. The van der Waals surface area contributed by atoms with Gasteiger partial charge in [0, 0.05) is 17.6 Å². The summed E-state index contributed by atoms with van der Waals surface area (Å²) in [4.78, 5) is 4.47. The highest BCUT2D eigenvalue weighted by Crippen LogP contribution is 2.28. The van der Waals surface area contributed by atoms with Crippen molar-refractivity contribution >= 4 is 16.6 Å². The van der Waals surface area contributed by atoms with Crippen LogP contribution in [0.1, 0.15) is 29.7 Å². The average Bonchev–Trinajstić information content (AvgIpc) is 2.76. The molecule has 0 radical (unpaired) electrons. The van der Waals surface area contributed by atoms with Gasteiger partial charge in [-0.1, -0.05) is 48.0 Å². The summed E-state index contributed by atoms with van der Waals surface area (Å²) in [5.74, 6) is 0.459. The molecular formula is C26H24F4N2O. The van der Waals surface area contributed by atoms with Crippen LogP contribution in [0, 0.1) is 19.7 Å². The lowest BCUT2D eigenvalue weighted by molar-refractivity contribution is -0.274. The highest BCUT2D eigenvalue weighted by Gasteiger charge is 2.30. The van der Waals surface area contributed by atoms with E-state index in [-0.39, 0.29) is 17.6 Å². The highest BCUT2D eigenvalue weighted by molar-refractivity contribution is 5.94. The number of nitrogens with one attached hydrogen (secondary N) is 1. The van der Waals surface area contributed by atoms with Gasteiger partial charge in [0.15, 0.2) is 0 Å². The predicted octanol–water partition coefficient (Wildman–Crippen LogP) is 7.75. The number of hydrogen-bond acceptors (Lipinski definition) is 3. The molecule has 1 unspecified atom stereocenters. The number of halogens is 4. The third-order valence-electron chi connectivity index (χ3n) is 4.98. The molecule has 172 valence electrons. The van der Waals surface area contributed by atoms with E-state index in [1.807, 2.05) is 25.3 Å². The number of aryl methyl sites for hydroxylation is 2. The molecular weight excluding hydrogens is 432 g/mol. The van der Waals surface area contributed by atoms with Crippen LogP contribution in [0.5, 0.6) is 5.75 Å². The van der Waals surface area contributed by atoms with E-state index in [4.69, 9.17) is 0 Å². The fourth-order valence-corrected chi connectivity index (χ4v) is 3.30. The van der Waals surface area contributed by atoms with E-state index in [1.54, 1.807) is 31.2 Å². The summed E-state index contributed by atoms with van der Waals surface area (Å²) in [6, 6.07) is 20.5. The maximum atomic E-state index is 13.0. The minimum Gasteiger partial charge on any atom is -0.406 e. The van der Waals surface area contributed by atoms with Crippen molar-refractivity contribution < 1.29 is 22.3 Å². The summed E-state index contributed by atoms with van der Waals surface area (Å²) < 4.78 is 51.5. The van der Waals surface area contributed by atoms with Gasteiger partial charge in [0.25, 0.3) is 0 Å². The molecule has 1 aromatic heterocycles. The molecule has 1 N–H and O–H groups in total. The van der Waals surface area contributed by atoms with Crippen molar-refractivity contribution in [3.63, 3.8) is 0 Å². The van der Waals surface area contributed by atoms with Gasteiger partial charge < -0.3 is 10.1 Å². The molecule has 3 nitrogen and oxygen atoms in total. The van der Waals surface area contributed by atoms with Crippen molar-refractivity contribution in [1.82, 2.24) is 4.98 Å². The number of aromatic nitrogens is 1. The molecule has 4 rings (SSSR count). The number of hydrogen-bond donors (Lipinski definition) is 1. The van der Waals surface area contributed by atoms with Gasteiger partial charge in [0.05, 0.1) is 0 Å². The molecule has 1 heterocycles. The number of pyridine rings is 1. The van der Waals surface area contributed by atoms with Gasteiger partial charge in [0.1, 0.15) is 17.4 Å². The maximum absolute atomic E-state index is 13.0. The molecule has 3 aromatic carbocycles. The van der Waals surface area contributed by atoms with Crippen LogP contribution < -0.4 is 10.1 Å². The fraction of sp³-hybridized carbons (Fsp3) is 0.192. The second kappa shape index (κ2) is 10.3. The largest absolute Gasteiger partial charge is 0.573 e. The lowest BCUT2D eigenvalue weighted by Gasteiger charge is -2.17. The van der Waals surface area contributed by atoms with Crippen LogP contribution in [0.3, 0.4) is 0 Å². The lowest BCUT2D eigenvalue weighted by Crippen LogP contribution is -2.16. The Morgan fingerprint density at radius 3 is 2.18 bits per heavy atom. The molecule has 0 aliphatic heterocycles. The number of alkyl halides is 3. The zero-order chi connectivity index (χ0) is 24.0. The van der Waals surface area contributed by atoms with E-state index in [1.165, 1.54) is 35.2 Å². The third kappa shape index (κ3) is 6.94. The summed E-state index contributed by atoms with van der Waals surface area (Å²) in [5.41, 5.74) is 3.11. The second-order valence-electron chi connectivity index (χ2n) is 7.61. The predicted molar refractivity (Wildman–Crippen MR) is 123 cm³/mol. The van der Waals surface area contributed by atoms with Crippen molar-refractivity contribution in [2.75, 3.05) is 5.32 Å². The van der Waals surface area contributed by atoms with Crippen molar-refractivity contribution in [1.29, 1.82) is 0 Å². The molecule has 0 bridgehead atoms. The van der Waals surface area contributed by atoms with Gasteiger partial charge in [-0.25, -0.2) is 9.37 Å². The number of nitrogens with zero attached hydrogens (tertiary/aromatic N) is 1. The van der Waals surface area contributed by atoms with E-state index in [0.29, 0.717) is 0 Å². The van der Waals surface area contributed by atoms with Crippen LogP contribution in [0.4, 0.5) is 23.4 Å². The van der Waals surface area contributed by atoms with E-state index in [9.17, 15) is 17.6 Å². The van der Waals surface area contributed by atoms with E-state index in [2.05, 4.69) is 34.1 Å². The molecule has 0 saturated heterocycles. The number of fused-ring (bicyclic) bond motifs is 1. The van der Waals surface area contributed by atoms with Crippen LogP contribution in [0.15, 0.2) is 79.0 Å². The van der Waals surface area contributed by atoms with Gasteiger partial charge in [-0.3, -0.25) is 0 Å². The van der Waals surface area contributed by atoms with Crippen LogP contribution in [-0.4, -0.2) is 11.3 Å². The first-order valence-electron chi connectivity index (χ1n) is 10.3. The van der Waals surface area contributed by atoms with Crippen molar-refractivity contribution in [3.8, 4) is 5.75 Å². The molecule has 1 atom stereocenters. The number of rotatable bonds is 4. The standard InChI is InChI=1S/C18H17FN2.C8H7F3O/c1-12-4-3-5-15-10-11-20-18(17(12)15)21-13(2)14-6-8-16(19)9-7-14;1-6-2-4-7(5-3-6)12-8(9,10)11/h3-11,13H,1-2H3,(H,20,21);2-5H,1H3. The Kier molecular flexibility index (Phi) is 7.53. The van der Waals surface area contributed by atoms with Crippen LogP contribution >= 0.6 is 0 Å². The summed E-state index contributed by atoms with van der Waals surface area (Å²) in [7, 11) is 0. The van der Waals surface area contributed by atoms with Crippen molar-refractivity contribution in [2.24, 2.45) is 0 Å². The average molecular weight is 456 g/mol. The number of benzene rings is 3. The number of anilines is 1. The van der Waals surface area contributed by atoms with E-state index >= 15 is 0 Å². The molecule has 0 amide bonds. The number of ether oxygens (including phenoxy) is 1. The van der Waals surface area contributed by atoms with Crippen LogP contribution in [-0.2, 0) is 0 Å². The van der Waals surface area contributed by atoms with Crippen molar-refractivity contribution in [3.05, 3.63) is 102 Å². The first-order chi connectivity index (χ1) is 15.6. The first kappa shape index (κ1) is 24.0. The van der Waals surface area contributed by atoms with E-state index < -0.39 is 6.36 Å². The summed E-state index contributed by atoms with van der Waals surface area (Å²) in [6.45, 7) is 5.92. The van der Waals surface area contributed by atoms with Crippen LogP contribution in [0.2, 0.25) is 0 Å². The Bertz CT molecular complexity index is 1180. The van der Waals surface area contributed by atoms with Crippen molar-refractivity contribution in [2.45, 2.75) is 33.2 Å². The quantitative estimate of drug-likeness (QED) is 0.319. The molecule has 33 heavy (non-hydrogen) atoms. The van der Waals surface area contributed by atoms with Gasteiger partial charge >= 0.3 is 6.36 Å². The van der Waals surface area contributed by atoms with Gasteiger partial charge in [-0.15, -0.1) is 13.2 Å². The Balaban J connectivity index is 0.000000218. The molecule has 0 aliphatic rings. The summed E-state index contributed by atoms with van der Waals surface area (Å²) in [6.07, 6.45) is -2.79.